The van der Waals surface area contributed by atoms with Crippen LogP contribution in [0.5, 0.6) is 0 Å². The minimum atomic E-state index is -1.05. The third kappa shape index (κ3) is 2.72. The van der Waals surface area contributed by atoms with Crippen molar-refractivity contribution in [3.8, 4) is 0 Å². The zero-order chi connectivity index (χ0) is 15.0. The maximum absolute atomic E-state index is 10.6. The van der Waals surface area contributed by atoms with Gasteiger partial charge in [0.05, 0.1) is 5.39 Å². The number of carbonyl (C=O) groups is 1. The maximum atomic E-state index is 10.6. The number of aliphatic carboxylic acids is 1. The molecule has 5 nitrogen and oxygen atoms in total. The zero-order valence-corrected chi connectivity index (χ0v) is 13.0. The van der Waals surface area contributed by atoms with Gasteiger partial charge in [0.15, 0.2) is 0 Å². The molecule has 0 amide bonds. The number of hydrogen-bond donors (Lipinski definition) is 1. The lowest BCUT2D eigenvalue weighted by Gasteiger charge is -2.19. The molecule has 112 valence electrons. The Hall–Kier alpha value is -1.69. The highest BCUT2D eigenvalue weighted by molar-refractivity contribution is 7.19. The summed E-state index contributed by atoms with van der Waals surface area (Å²) in [4.78, 5) is 22.0. The molecule has 0 fully saturated rings. The number of rotatable bonds is 4. The molecule has 2 aromatic rings. The SMILES string of the molecule is Cc1nc(NCCC(=O)[O-])c2c3c(sc2n1)CCC[C@@H]3C. The van der Waals surface area contributed by atoms with Crippen LogP contribution in [0.3, 0.4) is 0 Å². The number of nitrogens with one attached hydrogen (secondary N) is 1. The van der Waals surface area contributed by atoms with Gasteiger partial charge in [0, 0.05) is 23.8 Å². The molecule has 21 heavy (non-hydrogen) atoms. The first-order chi connectivity index (χ1) is 10.1. The molecule has 1 atom stereocenters. The molecule has 0 aliphatic heterocycles. The van der Waals surface area contributed by atoms with Gasteiger partial charge in [-0.3, -0.25) is 0 Å². The van der Waals surface area contributed by atoms with E-state index in [-0.39, 0.29) is 6.42 Å². The van der Waals surface area contributed by atoms with Crippen molar-refractivity contribution in [2.45, 2.75) is 45.4 Å². The smallest absolute Gasteiger partial charge is 0.138 e. The van der Waals surface area contributed by atoms with Crippen LogP contribution in [-0.2, 0) is 11.2 Å². The molecule has 0 saturated carbocycles. The molecule has 0 spiro atoms. The van der Waals surface area contributed by atoms with Crippen molar-refractivity contribution in [2.24, 2.45) is 0 Å². The van der Waals surface area contributed by atoms with Crippen LogP contribution < -0.4 is 10.4 Å². The van der Waals surface area contributed by atoms with Crippen molar-refractivity contribution in [1.82, 2.24) is 9.97 Å². The van der Waals surface area contributed by atoms with Crippen LogP contribution in [0.15, 0.2) is 0 Å². The van der Waals surface area contributed by atoms with Crippen LogP contribution in [0, 0.1) is 6.92 Å². The third-order valence-electron chi connectivity index (χ3n) is 3.93. The molecule has 0 unspecified atom stereocenters. The van der Waals surface area contributed by atoms with Gasteiger partial charge in [0.1, 0.15) is 16.5 Å². The second kappa shape index (κ2) is 5.60. The number of fused-ring (bicyclic) bond motifs is 3. The standard InChI is InChI=1S/C15H19N3O2S/c1-8-4-3-5-10-12(8)13-14(16-7-6-11(19)20)17-9(2)18-15(13)21-10/h8H,3-7H2,1-2H3,(H,19,20)(H,16,17,18)/p-1/t8-/m0/s1. The van der Waals surface area contributed by atoms with E-state index in [9.17, 15) is 9.90 Å². The summed E-state index contributed by atoms with van der Waals surface area (Å²) in [5.74, 6) is 0.940. The first-order valence-electron chi connectivity index (χ1n) is 7.30. The predicted octanol–water partition coefficient (Wildman–Crippen LogP) is 1.99. The fourth-order valence-electron chi connectivity index (χ4n) is 3.01. The van der Waals surface area contributed by atoms with E-state index in [0.29, 0.717) is 18.3 Å². The molecule has 2 heterocycles. The number of anilines is 1. The lowest BCUT2D eigenvalue weighted by atomic mass is 9.87. The molecule has 3 rings (SSSR count). The lowest BCUT2D eigenvalue weighted by molar-refractivity contribution is -0.305. The molecule has 1 aliphatic rings. The van der Waals surface area contributed by atoms with Gasteiger partial charge in [-0.15, -0.1) is 11.3 Å². The van der Waals surface area contributed by atoms with Crippen LogP contribution in [0.4, 0.5) is 5.82 Å². The van der Waals surface area contributed by atoms with E-state index in [1.54, 1.807) is 11.3 Å². The second-order valence-electron chi connectivity index (χ2n) is 5.58. The van der Waals surface area contributed by atoms with Crippen LogP contribution in [0.25, 0.3) is 10.2 Å². The number of thiophene rings is 1. The Morgan fingerprint density at radius 2 is 2.29 bits per heavy atom. The molecule has 2 aromatic heterocycles. The number of carboxylic acids is 1. The molecule has 0 saturated heterocycles. The van der Waals surface area contributed by atoms with Gasteiger partial charge in [-0.1, -0.05) is 6.92 Å². The second-order valence-corrected chi connectivity index (χ2v) is 6.66. The Labute approximate surface area is 127 Å². The third-order valence-corrected chi connectivity index (χ3v) is 5.09. The molecular formula is C15H18N3O2S-. The highest BCUT2D eigenvalue weighted by atomic mass is 32.1. The van der Waals surface area contributed by atoms with Gasteiger partial charge in [-0.2, -0.15) is 0 Å². The van der Waals surface area contributed by atoms with Crippen molar-refractivity contribution >= 4 is 33.3 Å². The number of carbonyl (C=O) groups excluding carboxylic acids is 1. The number of aromatic nitrogens is 2. The van der Waals surface area contributed by atoms with Crippen LogP contribution in [0.1, 0.15) is 48.4 Å². The van der Waals surface area contributed by atoms with Crippen LogP contribution in [-0.4, -0.2) is 22.5 Å². The highest BCUT2D eigenvalue weighted by Gasteiger charge is 2.25. The van der Waals surface area contributed by atoms with Gasteiger partial charge in [0.25, 0.3) is 0 Å². The molecule has 1 aliphatic carbocycles. The average Bonchev–Trinajstić information content (AvgIpc) is 2.77. The molecule has 0 bridgehead atoms. The summed E-state index contributed by atoms with van der Waals surface area (Å²) in [6.45, 7) is 4.44. The zero-order valence-electron chi connectivity index (χ0n) is 12.2. The topological polar surface area (TPSA) is 77.9 Å². The molecule has 0 radical (unpaired) electrons. The minimum Gasteiger partial charge on any atom is -0.550 e. The first-order valence-corrected chi connectivity index (χ1v) is 8.11. The van der Waals surface area contributed by atoms with E-state index in [0.717, 1.165) is 22.5 Å². The number of carboxylic acid groups (broad SMARTS) is 1. The number of aryl methyl sites for hydroxylation is 2. The van der Waals surface area contributed by atoms with Gasteiger partial charge < -0.3 is 15.2 Å². The van der Waals surface area contributed by atoms with E-state index in [4.69, 9.17) is 0 Å². The van der Waals surface area contributed by atoms with E-state index < -0.39 is 5.97 Å². The highest BCUT2D eigenvalue weighted by Crippen LogP contribution is 2.43. The Morgan fingerprint density at radius 1 is 1.48 bits per heavy atom. The summed E-state index contributed by atoms with van der Waals surface area (Å²) in [6, 6.07) is 0. The summed E-state index contributed by atoms with van der Waals surface area (Å²) in [7, 11) is 0. The monoisotopic (exact) mass is 304 g/mol. The van der Waals surface area contributed by atoms with Crippen molar-refractivity contribution in [2.75, 3.05) is 11.9 Å². The maximum Gasteiger partial charge on any atom is 0.138 e. The van der Waals surface area contributed by atoms with E-state index in [1.807, 2.05) is 6.92 Å². The fraction of sp³-hybridized carbons (Fsp3) is 0.533. The van der Waals surface area contributed by atoms with Gasteiger partial charge in [-0.05, 0) is 37.7 Å². The van der Waals surface area contributed by atoms with E-state index in [1.165, 1.54) is 23.3 Å². The summed E-state index contributed by atoms with van der Waals surface area (Å²) < 4.78 is 0. The minimum absolute atomic E-state index is 0.0214. The van der Waals surface area contributed by atoms with Crippen molar-refractivity contribution < 1.29 is 9.90 Å². The van der Waals surface area contributed by atoms with Crippen molar-refractivity contribution in [3.63, 3.8) is 0 Å². The van der Waals surface area contributed by atoms with Crippen molar-refractivity contribution in [3.05, 3.63) is 16.3 Å². The summed E-state index contributed by atoms with van der Waals surface area (Å²) in [5.41, 5.74) is 1.36. The lowest BCUT2D eigenvalue weighted by Crippen LogP contribution is -2.25. The van der Waals surface area contributed by atoms with Crippen LogP contribution in [0.2, 0.25) is 0 Å². The van der Waals surface area contributed by atoms with Gasteiger partial charge in [0.2, 0.25) is 0 Å². The molecule has 1 N–H and O–H groups in total. The fourth-order valence-corrected chi connectivity index (χ4v) is 4.38. The Kier molecular flexibility index (Phi) is 3.80. The number of hydrogen-bond acceptors (Lipinski definition) is 6. The molecule has 0 aromatic carbocycles. The first kappa shape index (κ1) is 14.3. The predicted molar refractivity (Wildman–Crippen MR) is 81.6 cm³/mol. The number of nitrogens with zero attached hydrogens (tertiary/aromatic N) is 2. The quantitative estimate of drug-likeness (QED) is 0.934. The summed E-state index contributed by atoms with van der Waals surface area (Å²) in [5, 5.41) is 14.8. The Balaban J connectivity index is 2.05. The van der Waals surface area contributed by atoms with E-state index in [2.05, 4.69) is 22.2 Å². The van der Waals surface area contributed by atoms with Crippen LogP contribution >= 0.6 is 11.3 Å². The van der Waals surface area contributed by atoms with E-state index >= 15 is 0 Å². The summed E-state index contributed by atoms with van der Waals surface area (Å²) in [6.07, 6.45) is 3.50. The molecular weight excluding hydrogens is 286 g/mol. The van der Waals surface area contributed by atoms with Crippen molar-refractivity contribution in [1.29, 1.82) is 0 Å². The average molecular weight is 304 g/mol. The molecule has 6 heteroatoms. The Bertz CT molecular complexity index is 696. The normalized spacial score (nSPS) is 17.7. The largest absolute Gasteiger partial charge is 0.550 e. The Morgan fingerprint density at radius 3 is 3.05 bits per heavy atom. The van der Waals surface area contributed by atoms with Gasteiger partial charge >= 0.3 is 0 Å². The summed E-state index contributed by atoms with van der Waals surface area (Å²) >= 11 is 1.75. The van der Waals surface area contributed by atoms with Gasteiger partial charge in [-0.25, -0.2) is 9.97 Å².